The highest BCUT2D eigenvalue weighted by molar-refractivity contribution is 7.87. The topological polar surface area (TPSA) is 113 Å². The summed E-state index contributed by atoms with van der Waals surface area (Å²) in [6, 6.07) is 0. The van der Waals surface area contributed by atoms with Crippen LogP contribution in [-0.2, 0) is 37.9 Å². The van der Waals surface area contributed by atoms with Gasteiger partial charge < -0.3 is 0 Å². The van der Waals surface area contributed by atoms with E-state index in [1.54, 1.807) is 0 Å². The Morgan fingerprint density at radius 3 is 2.05 bits per heavy atom. The Bertz CT molecular complexity index is 577. The second-order valence-corrected chi connectivity index (χ2v) is 7.80. The van der Waals surface area contributed by atoms with Gasteiger partial charge in [-0.2, -0.15) is 16.8 Å². The van der Waals surface area contributed by atoms with Gasteiger partial charge in [0.15, 0.2) is 0 Å². The molecule has 0 spiro atoms. The zero-order valence-corrected chi connectivity index (χ0v) is 11.9. The van der Waals surface area contributed by atoms with Gasteiger partial charge in [0.05, 0.1) is 36.4 Å². The molecule has 2 heterocycles. The highest BCUT2D eigenvalue weighted by atomic mass is 32.3. The van der Waals surface area contributed by atoms with Crippen molar-refractivity contribution in [1.82, 2.24) is 0 Å². The number of hydrogen-bond donors (Lipinski definition) is 0. The largest absolute Gasteiger partial charge is 0.400 e. The van der Waals surface area contributed by atoms with E-state index in [4.69, 9.17) is 0 Å². The average molecular weight is 314 g/mol. The molecule has 0 bridgehead atoms. The molecule has 8 nitrogen and oxygen atoms in total. The molecule has 0 aromatic heterocycles. The predicted octanol–water partition coefficient (Wildman–Crippen LogP) is -0.783. The van der Waals surface area contributed by atoms with Crippen LogP contribution in [0, 0.1) is 11.8 Å². The monoisotopic (exact) mass is 314 g/mol. The molecular weight excluding hydrogens is 300 g/mol. The molecule has 0 radical (unpaired) electrons. The van der Waals surface area contributed by atoms with Crippen LogP contribution in [0.4, 0.5) is 0 Å². The number of carbonyl (C=O) groups excluding carboxylic acids is 1. The molecule has 19 heavy (non-hydrogen) atoms. The van der Waals surface area contributed by atoms with Crippen LogP contribution in [0.5, 0.6) is 0 Å². The summed E-state index contributed by atoms with van der Waals surface area (Å²) in [5.74, 6) is -2.07. The lowest BCUT2D eigenvalue weighted by molar-refractivity contribution is -0.132. The van der Waals surface area contributed by atoms with Crippen molar-refractivity contribution in [3.63, 3.8) is 0 Å². The normalized spacial score (nSPS) is 40.9. The summed E-state index contributed by atoms with van der Waals surface area (Å²) in [6.07, 6.45) is -0.887. The molecule has 4 atom stereocenters. The van der Waals surface area contributed by atoms with Gasteiger partial charge in [-0.05, 0) is 13.8 Å². The van der Waals surface area contributed by atoms with Gasteiger partial charge >= 0.3 is 10.4 Å². The van der Waals surface area contributed by atoms with E-state index in [-0.39, 0.29) is 13.2 Å². The fourth-order valence-electron chi connectivity index (χ4n) is 2.09. The summed E-state index contributed by atoms with van der Waals surface area (Å²) < 4.78 is 58.6. The summed E-state index contributed by atoms with van der Waals surface area (Å²) in [4.78, 5) is 12.2. The maximum atomic E-state index is 12.2. The van der Waals surface area contributed by atoms with Crippen molar-refractivity contribution in [2.75, 3.05) is 13.2 Å². The first-order valence-electron chi connectivity index (χ1n) is 5.63. The Balaban J connectivity index is 2.14. The van der Waals surface area contributed by atoms with Crippen molar-refractivity contribution in [2.24, 2.45) is 11.8 Å². The van der Waals surface area contributed by atoms with Gasteiger partial charge in [-0.15, -0.1) is 0 Å². The molecule has 10 heteroatoms. The van der Waals surface area contributed by atoms with Gasteiger partial charge in [-0.1, -0.05) is 0 Å². The summed E-state index contributed by atoms with van der Waals surface area (Å²) in [5, 5.41) is -0.953. The lowest BCUT2D eigenvalue weighted by Gasteiger charge is -2.28. The molecule has 0 amide bonds. The summed E-state index contributed by atoms with van der Waals surface area (Å²) in [7, 11) is -7.78. The minimum atomic E-state index is -4.06. The molecule has 0 aromatic rings. The number of carbonyl (C=O) groups is 1. The van der Waals surface area contributed by atoms with Crippen LogP contribution in [-0.4, -0.2) is 47.2 Å². The molecule has 0 aromatic carbocycles. The maximum absolute atomic E-state index is 12.2. The Morgan fingerprint density at radius 1 is 1.00 bits per heavy atom. The third-order valence-corrected chi connectivity index (χ3v) is 6.06. The molecule has 0 N–H and O–H groups in total. The van der Waals surface area contributed by atoms with Crippen LogP contribution in [0.25, 0.3) is 0 Å². The molecule has 2 aliphatic rings. The Kier molecular flexibility index (Phi) is 3.73. The van der Waals surface area contributed by atoms with Crippen molar-refractivity contribution in [3.05, 3.63) is 0 Å². The number of hydrogen-bond acceptors (Lipinski definition) is 8. The van der Waals surface area contributed by atoms with Crippen LogP contribution in [0.1, 0.15) is 13.8 Å². The standard InChI is InChI=1S/C9H14O8S2/c1-5-7(3-16-19(13,14)17-5)9(10)8-4-15-18(11,12)6(8)2/h5-8H,3-4H2,1-2H3. The van der Waals surface area contributed by atoms with Crippen molar-refractivity contribution in [3.8, 4) is 0 Å². The summed E-state index contributed by atoms with van der Waals surface area (Å²) in [6.45, 7) is 2.25. The number of ketones is 1. The Hall–Kier alpha value is -0.550. The molecule has 4 unspecified atom stereocenters. The molecule has 0 aliphatic carbocycles. The van der Waals surface area contributed by atoms with E-state index < -0.39 is 49.5 Å². The van der Waals surface area contributed by atoms with Gasteiger partial charge in [0.25, 0.3) is 10.1 Å². The minimum absolute atomic E-state index is 0.224. The van der Waals surface area contributed by atoms with Crippen molar-refractivity contribution < 1.29 is 34.2 Å². The zero-order valence-electron chi connectivity index (χ0n) is 10.3. The first-order chi connectivity index (χ1) is 8.64. The molecule has 110 valence electrons. The van der Waals surface area contributed by atoms with E-state index in [1.807, 2.05) is 0 Å². The van der Waals surface area contributed by atoms with E-state index in [0.717, 1.165) is 0 Å². The Morgan fingerprint density at radius 2 is 1.58 bits per heavy atom. The Labute approximate surface area is 111 Å². The highest BCUT2D eigenvalue weighted by Crippen LogP contribution is 2.30. The van der Waals surface area contributed by atoms with E-state index in [0.29, 0.717) is 0 Å². The van der Waals surface area contributed by atoms with Gasteiger partial charge in [0, 0.05) is 0 Å². The second kappa shape index (κ2) is 4.77. The van der Waals surface area contributed by atoms with E-state index in [9.17, 15) is 21.6 Å². The van der Waals surface area contributed by atoms with E-state index >= 15 is 0 Å². The lowest BCUT2D eigenvalue weighted by atomic mass is 9.88. The number of Topliss-reactive ketones (excluding diaryl/α,β-unsaturated/α-hetero) is 1. The van der Waals surface area contributed by atoms with Crippen LogP contribution >= 0.6 is 0 Å². The fourth-order valence-corrected chi connectivity index (χ4v) is 4.13. The minimum Gasteiger partial charge on any atom is -0.299 e. The molecule has 2 aliphatic heterocycles. The van der Waals surface area contributed by atoms with Crippen molar-refractivity contribution in [2.45, 2.75) is 25.2 Å². The molecule has 2 rings (SSSR count). The first-order valence-corrected chi connectivity index (χ1v) is 8.44. The summed E-state index contributed by atoms with van der Waals surface area (Å²) >= 11 is 0. The van der Waals surface area contributed by atoms with Gasteiger partial charge in [0.1, 0.15) is 5.78 Å². The first kappa shape index (κ1) is 14.9. The lowest BCUT2D eigenvalue weighted by Crippen LogP contribution is -2.44. The van der Waals surface area contributed by atoms with Crippen LogP contribution in [0.15, 0.2) is 0 Å². The van der Waals surface area contributed by atoms with Crippen molar-refractivity contribution >= 4 is 26.3 Å². The molecule has 2 saturated heterocycles. The maximum Gasteiger partial charge on any atom is 0.400 e. The smallest absolute Gasteiger partial charge is 0.299 e. The van der Waals surface area contributed by atoms with E-state index in [2.05, 4.69) is 12.5 Å². The van der Waals surface area contributed by atoms with Gasteiger partial charge in [0.2, 0.25) is 0 Å². The molecule has 0 saturated carbocycles. The third-order valence-electron chi connectivity index (χ3n) is 3.39. The highest BCUT2D eigenvalue weighted by Gasteiger charge is 2.47. The second-order valence-electron chi connectivity index (χ2n) is 4.59. The van der Waals surface area contributed by atoms with Gasteiger partial charge in [-0.3, -0.25) is 8.98 Å². The average Bonchev–Trinajstić information content (AvgIpc) is 2.52. The van der Waals surface area contributed by atoms with Crippen LogP contribution in [0.3, 0.4) is 0 Å². The summed E-state index contributed by atoms with van der Waals surface area (Å²) in [5.41, 5.74) is 0. The van der Waals surface area contributed by atoms with Gasteiger partial charge in [-0.25, -0.2) is 8.37 Å². The third kappa shape index (κ3) is 2.82. The molecule has 2 fully saturated rings. The number of rotatable bonds is 2. The van der Waals surface area contributed by atoms with E-state index in [1.165, 1.54) is 13.8 Å². The van der Waals surface area contributed by atoms with Crippen molar-refractivity contribution in [1.29, 1.82) is 0 Å². The molecular formula is C9H14O8S2. The predicted molar refractivity (Wildman–Crippen MR) is 61.7 cm³/mol. The van der Waals surface area contributed by atoms with Crippen LogP contribution < -0.4 is 0 Å². The van der Waals surface area contributed by atoms with Crippen LogP contribution in [0.2, 0.25) is 0 Å². The zero-order chi connectivity index (χ0) is 14.4. The quantitative estimate of drug-likeness (QED) is 0.610. The fraction of sp³-hybridized carbons (Fsp3) is 0.889. The SMILES string of the molecule is CC1OS(=O)(=O)OCC1C(=O)C1COS(=O)(=O)C1C.